The molecule has 3 aromatic carbocycles. The zero-order valence-corrected chi connectivity index (χ0v) is 30.1. The largest absolute Gasteiger partial charge is 0.726 e. The van der Waals surface area contributed by atoms with Crippen LogP contribution >= 0.6 is 7.92 Å². The summed E-state index contributed by atoms with van der Waals surface area (Å²) in [6.07, 6.45) is 15.0. The Kier molecular flexibility index (Phi) is 11.5. The smallest absolute Gasteiger partial charge is 0.294 e. The molecular formula is C34H43O10PS3. The van der Waals surface area contributed by atoms with Crippen LogP contribution in [-0.2, 0) is 42.2 Å². The monoisotopic (exact) mass is 738 g/mol. The zero-order valence-electron chi connectivity index (χ0n) is 26.6. The summed E-state index contributed by atoms with van der Waals surface area (Å²) in [6.45, 7) is 0. The lowest BCUT2D eigenvalue weighted by Crippen LogP contribution is -2.35. The molecule has 3 aliphatic carbocycles. The maximum absolute atomic E-state index is 12.5. The molecule has 6 rings (SSSR count). The summed E-state index contributed by atoms with van der Waals surface area (Å²) in [7, 11) is -14.7. The third kappa shape index (κ3) is 8.55. The van der Waals surface area contributed by atoms with E-state index in [1.807, 2.05) is 6.07 Å². The van der Waals surface area contributed by atoms with Crippen LogP contribution in [0.3, 0.4) is 0 Å². The fourth-order valence-corrected chi connectivity index (χ4v) is 15.1. The van der Waals surface area contributed by atoms with Gasteiger partial charge in [-0.15, -0.1) is 0 Å². The van der Waals surface area contributed by atoms with Crippen LogP contribution in [-0.4, -0.2) is 54.8 Å². The molecule has 0 saturated heterocycles. The van der Waals surface area contributed by atoms with E-state index < -0.39 is 38.6 Å². The van der Waals surface area contributed by atoms with E-state index in [2.05, 4.69) is 24.3 Å². The molecule has 14 heteroatoms. The summed E-state index contributed by atoms with van der Waals surface area (Å²) in [5, 5.41) is -0.296. The lowest BCUT2D eigenvalue weighted by atomic mass is 9.89. The van der Waals surface area contributed by atoms with E-state index in [1.54, 1.807) is 24.3 Å². The van der Waals surface area contributed by atoms with E-state index in [1.165, 1.54) is 87.5 Å². The van der Waals surface area contributed by atoms with E-state index in [0.29, 0.717) is 11.3 Å². The SMILES string of the molecule is O=S(=O)(O)c1ccc(CCCC2([PH+](C3CCCCC3)C3CCCCC3)c3ccccc3-c3ccc(S(=O)(=O)O)cc32)cc1.O=S(=O)([O-])O. The summed E-state index contributed by atoms with van der Waals surface area (Å²) in [5.74, 6) is 0. The van der Waals surface area contributed by atoms with Crippen LogP contribution in [0.2, 0.25) is 0 Å². The second-order valence-corrected chi connectivity index (χ2v) is 20.3. The average Bonchev–Trinajstić information content (AvgIpc) is 3.30. The van der Waals surface area contributed by atoms with Gasteiger partial charge >= 0.3 is 0 Å². The minimum atomic E-state index is -4.92. The van der Waals surface area contributed by atoms with Crippen molar-refractivity contribution < 1.29 is 43.5 Å². The van der Waals surface area contributed by atoms with Gasteiger partial charge in [0.2, 0.25) is 10.4 Å². The van der Waals surface area contributed by atoms with Crippen molar-refractivity contribution in [2.75, 3.05) is 0 Å². The molecule has 0 aromatic heterocycles. The molecule has 3 aliphatic rings. The van der Waals surface area contributed by atoms with E-state index in [0.717, 1.165) is 36.0 Å². The lowest BCUT2D eigenvalue weighted by molar-refractivity contribution is 0.366. The van der Waals surface area contributed by atoms with Crippen molar-refractivity contribution in [2.45, 2.75) is 110 Å². The molecule has 0 spiro atoms. The highest BCUT2D eigenvalue weighted by atomic mass is 32.3. The number of aryl methyl sites for hydroxylation is 1. The molecule has 0 amide bonds. The first-order valence-electron chi connectivity index (χ1n) is 16.4. The second-order valence-electron chi connectivity index (χ2n) is 13.2. The van der Waals surface area contributed by atoms with Crippen molar-refractivity contribution in [2.24, 2.45) is 0 Å². The Balaban J connectivity index is 0.000000840. The van der Waals surface area contributed by atoms with Crippen molar-refractivity contribution in [1.82, 2.24) is 0 Å². The summed E-state index contributed by atoms with van der Waals surface area (Å²) >= 11 is 0. The quantitative estimate of drug-likeness (QED) is 0.114. The van der Waals surface area contributed by atoms with Crippen LogP contribution in [0.25, 0.3) is 11.1 Å². The fraction of sp³-hybridized carbons (Fsp3) is 0.471. The number of benzene rings is 3. The molecule has 3 N–H and O–H groups in total. The summed E-state index contributed by atoms with van der Waals surface area (Å²) in [6, 6.07) is 20.4. The molecule has 0 bridgehead atoms. The molecule has 3 aromatic rings. The number of hydrogen-bond donors (Lipinski definition) is 3. The van der Waals surface area contributed by atoms with Crippen molar-refractivity contribution in [3.63, 3.8) is 0 Å². The van der Waals surface area contributed by atoms with Gasteiger partial charge in [-0.2, -0.15) is 16.8 Å². The Morgan fingerprint density at radius 3 is 1.65 bits per heavy atom. The molecule has 2 saturated carbocycles. The van der Waals surface area contributed by atoms with E-state index in [9.17, 15) is 25.9 Å². The first-order chi connectivity index (χ1) is 22.6. The maximum Gasteiger partial charge on any atom is 0.294 e. The van der Waals surface area contributed by atoms with E-state index >= 15 is 0 Å². The Morgan fingerprint density at radius 1 is 0.646 bits per heavy atom. The average molecular weight is 739 g/mol. The van der Waals surface area contributed by atoms with Gasteiger partial charge in [0, 0.05) is 19.0 Å². The molecular weight excluding hydrogens is 696 g/mol. The number of hydrogen-bond acceptors (Lipinski definition) is 7. The van der Waals surface area contributed by atoms with Crippen molar-refractivity contribution in [1.29, 1.82) is 0 Å². The molecule has 1 atom stereocenters. The molecule has 0 radical (unpaired) electrons. The predicted octanol–water partition coefficient (Wildman–Crippen LogP) is 7.31. The van der Waals surface area contributed by atoms with Gasteiger partial charge in [0.15, 0.2) is 0 Å². The van der Waals surface area contributed by atoms with Crippen molar-refractivity contribution >= 4 is 38.6 Å². The maximum atomic E-state index is 12.5. The van der Waals surface area contributed by atoms with Gasteiger partial charge in [0.1, 0.15) is 5.16 Å². The third-order valence-electron chi connectivity index (χ3n) is 10.2. The minimum Gasteiger partial charge on any atom is -0.726 e. The first-order valence-corrected chi connectivity index (χ1v) is 22.3. The van der Waals surface area contributed by atoms with Crippen LogP contribution in [0.5, 0.6) is 0 Å². The van der Waals surface area contributed by atoms with Gasteiger partial charge in [0.05, 0.1) is 21.1 Å². The fourth-order valence-electron chi connectivity index (χ4n) is 8.47. The number of fused-ring (bicyclic) bond motifs is 3. The van der Waals surface area contributed by atoms with Gasteiger partial charge < -0.3 is 4.55 Å². The summed E-state index contributed by atoms with van der Waals surface area (Å²) in [5.41, 5.74) is 6.97. The van der Waals surface area contributed by atoms with Crippen LogP contribution < -0.4 is 0 Å². The Labute approximate surface area is 285 Å². The molecule has 262 valence electrons. The molecule has 0 heterocycles. The van der Waals surface area contributed by atoms with Crippen molar-refractivity contribution in [3.05, 3.63) is 83.4 Å². The Morgan fingerprint density at radius 2 is 1.12 bits per heavy atom. The first kappa shape index (κ1) is 37.0. The van der Waals surface area contributed by atoms with Gasteiger partial charge in [-0.1, -0.05) is 55.3 Å². The van der Waals surface area contributed by atoms with E-state index in [4.69, 9.17) is 17.5 Å². The predicted molar refractivity (Wildman–Crippen MR) is 186 cm³/mol. The molecule has 48 heavy (non-hydrogen) atoms. The number of rotatable bonds is 9. The van der Waals surface area contributed by atoms with Gasteiger partial charge in [-0.05, 0) is 112 Å². The topological polar surface area (TPSA) is 186 Å². The highest BCUT2D eigenvalue weighted by Gasteiger charge is 2.59. The Bertz CT molecular complexity index is 1890. The van der Waals surface area contributed by atoms with Crippen LogP contribution in [0.1, 0.15) is 93.7 Å². The molecule has 10 nitrogen and oxygen atoms in total. The normalized spacial score (nSPS) is 20.5. The molecule has 1 unspecified atom stereocenters. The van der Waals surface area contributed by atoms with Crippen LogP contribution in [0.15, 0.2) is 76.5 Å². The third-order valence-corrected chi connectivity index (χ3v) is 16.7. The minimum absolute atomic E-state index is 0.0297. The van der Waals surface area contributed by atoms with Crippen LogP contribution in [0, 0.1) is 0 Å². The molecule has 2 fully saturated rings. The summed E-state index contributed by atoms with van der Waals surface area (Å²) in [4.78, 5) is -0.137. The Hall–Kier alpha value is -2.22. The highest BCUT2D eigenvalue weighted by Crippen LogP contribution is 2.75. The molecule has 0 aliphatic heterocycles. The van der Waals surface area contributed by atoms with Gasteiger partial charge in [-0.25, -0.2) is 8.42 Å². The van der Waals surface area contributed by atoms with Crippen molar-refractivity contribution in [3.8, 4) is 11.1 Å². The summed E-state index contributed by atoms with van der Waals surface area (Å²) < 4.78 is 101. The second kappa shape index (κ2) is 14.9. The highest BCUT2D eigenvalue weighted by molar-refractivity contribution is 7.86. The zero-order chi connectivity index (χ0) is 34.7. The van der Waals surface area contributed by atoms with Gasteiger partial charge in [0.25, 0.3) is 20.2 Å². The van der Waals surface area contributed by atoms with E-state index in [-0.39, 0.29) is 14.9 Å². The van der Waals surface area contributed by atoms with Gasteiger partial charge in [-0.3, -0.25) is 13.7 Å². The van der Waals surface area contributed by atoms with Crippen LogP contribution in [0.4, 0.5) is 0 Å². The standard InChI is InChI=1S/C34H41O6PS2.H2O4S/c35-42(36,37)28-19-17-25(18-20-28)10-9-23-34(41(26-11-3-1-4-12-26)27-13-5-2-6-14-27)32-16-8-7-15-30(32)31-22-21-29(24-33(31)34)43(38,39)40;1-5(2,3)4/h7-8,15-22,24,26-27H,1-6,9-14,23H2,(H,35,36,37)(H,38,39,40);(H2,1,2,3,4). The lowest BCUT2D eigenvalue weighted by Gasteiger charge is -2.44.